The van der Waals surface area contributed by atoms with Crippen LogP contribution in [0.2, 0.25) is 0 Å². The minimum atomic E-state index is -0.261. The van der Waals surface area contributed by atoms with E-state index in [0.717, 1.165) is 16.7 Å². The highest BCUT2D eigenvalue weighted by atomic mass is 16.5. The van der Waals surface area contributed by atoms with E-state index in [2.05, 4.69) is 15.6 Å². The molecule has 1 aromatic heterocycles. The molecule has 1 saturated heterocycles. The van der Waals surface area contributed by atoms with E-state index in [1.807, 2.05) is 18.2 Å². The first-order valence-electron chi connectivity index (χ1n) is 6.24. The third-order valence-corrected chi connectivity index (χ3v) is 3.10. The van der Waals surface area contributed by atoms with Crippen molar-refractivity contribution in [3.63, 3.8) is 0 Å². The molecule has 19 heavy (non-hydrogen) atoms. The maximum Gasteiger partial charge on any atom is 0.239 e. The van der Waals surface area contributed by atoms with Crippen molar-refractivity contribution in [2.45, 2.75) is 12.6 Å². The molecule has 1 amide bonds. The molecule has 6 nitrogen and oxygen atoms in total. The van der Waals surface area contributed by atoms with Crippen LogP contribution < -0.4 is 10.6 Å². The van der Waals surface area contributed by atoms with Gasteiger partial charge in [0.1, 0.15) is 11.6 Å². The number of hydrogen-bond acceptors (Lipinski definition) is 5. The Labute approximate surface area is 110 Å². The molecule has 1 aliphatic heterocycles. The maximum absolute atomic E-state index is 11.9. The summed E-state index contributed by atoms with van der Waals surface area (Å²) in [4.78, 5) is 15.9. The summed E-state index contributed by atoms with van der Waals surface area (Å²) >= 11 is 0. The van der Waals surface area contributed by atoms with Gasteiger partial charge < -0.3 is 19.8 Å². The number of nitrogens with zero attached hydrogens (tertiary/aromatic N) is 1. The molecule has 100 valence electrons. The van der Waals surface area contributed by atoms with Crippen LogP contribution in [-0.4, -0.2) is 36.7 Å². The highest BCUT2D eigenvalue weighted by molar-refractivity contribution is 5.82. The Morgan fingerprint density at radius 3 is 3.32 bits per heavy atom. The van der Waals surface area contributed by atoms with Crippen molar-refractivity contribution in [3.8, 4) is 0 Å². The zero-order valence-corrected chi connectivity index (χ0v) is 10.4. The van der Waals surface area contributed by atoms with Crippen LogP contribution in [0.3, 0.4) is 0 Å². The first-order valence-corrected chi connectivity index (χ1v) is 6.24. The molecule has 0 spiro atoms. The first kappa shape index (κ1) is 12.1. The van der Waals surface area contributed by atoms with Gasteiger partial charge in [0.25, 0.3) is 0 Å². The largest absolute Gasteiger partial charge is 0.443 e. The molecule has 0 bridgehead atoms. The number of fused-ring (bicyclic) bond motifs is 1. The number of ether oxygens (including phenoxy) is 1. The van der Waals surface area contributed by atoms with Crippen molar-refractivity contribution >= 4 is 17.0 Å². The molecule has 1 fully saturated rings. The third-order valence-electron chi connectivity index (χ3n) is 3.10. The standard InChI is InChI=1S/C13H15N3O3/c17-13(11-7-18-4-3-14-11)15-6-9-1-2-10-12(5-9)19-8-16-10/h1-2,5,8,11,14H,3-4,6-7H2,(H,15,17). The quantitative estimate of drug-likeness (QED) is 0.838. The molecule has 6 heteroatoms. The van der Waals surface area contributed by atoms with E-state index in [9.17, 15) is 4.79 Å². The summed E-state index contributed by atoms with van der Waals surface area (Å²) in [6, 6.07) is 5.42. The number of nitrogens with one attached hydrogen (secondary N) is 2. The number of aromatic nitrogens is 1. The highest BCUT2D eigenvalue weighted by Crippen LogP contribution is 2.14. The average molecular weight is 261 g/mol. The lowest BCUT2D eigenvalue weighted by molar-refractivity contribution is -0.126. The van der Waals surface area contributed by atoms with E-state index in [-0.39, 0.29) is 11.9 Å². The van der Waals surface area contributed by atoms with Gasteiger partial charge in [0.15, 0.2) is 12.0 Å². The van der Waals surface area contributed by atoms with Crippen LogP contribution in [0.1, 0.15) is 5.56 Å². The molecule has 1 aromatic carbocycles. The predicted octanol–water partition coefficient (Wildman–Crippen LogP) is 0.432. The van der Waals surface area contributed by atoms with Gasteiger partial charge in [-0.15, -0.1) is 0 Å². The minimum absolute atomic E-state index is 0.0441. The SMILES string of the molecule is O=C(NCc1ccc2ncoc2c1)C1COCCN1. The fraction of sp³-hybridized carbons (Fsp3) is 0.385. The van der Waals surface area contributed by atoms with Crippen LogP contribution in [0.15, 0.2) is 29.0 Å². The monoisotopic (exact) mass is 261 g/mol. The Morgan fingerprint density at radius 1 is 1.53 bits per heavy atom. The lowest BCUT2D eigenvalue weighted by atomic mass is 10.2. The Balaban J connectivity index is 1.60. The summed E-state index contributed by atoms with van der Waals surface area (Å²) < 4.78 is 10.5. The second-order valence-corrected chi connectivity index (χ2v) is 4.45. The molecule has 1 unspecified atom stereocenters. The zero-order chi connectivity index (χ0) is 13.1. The lowest BCUT2D eigenvalue weighted by Gasteiger charge is -2.22. The number of carbonyl (C=O) groups excluding carboxylic acids is 1. The van der Waals surface area contributed by atoms with E-state index in [4.69, 9.17) is 9.15 Å². The van der Waals surface area contributed by atoms with E-state index in [0.29, 0.717) is 26.3 Å². The number of rotatable bonds is 3. The van der Waals surface area contributed by atoms with Crippen molar-refractivity contribution in [1.29, 1.82) is 0 Å². The molecule has 2 aromatic rings. The Hall–Kier alpha value is -1.92. The molecule has 0 aliphatic carbocycles. The Kier molecular flexibility index (Phi) is 3.43. The third kappa shape index (κ3) is 2.74. The van der Waals surface area contributed by atoms with Crippen LogP contribution in [0.4, 0.5) is 0 Å². The molecule has 1 atom stereocenters. The topological polar surface area (TPSA) is 76.4 Å². The van der Waals surface area contributed by atoms with Crippen molar-refractivity contribution in [2.75, 3.05) is 19.8 Å². The second-order valence-electron chi connectivity index (χ2n) is 4.45. The summed E-state index contributed by atoms with van der Waals surface area (Å²) in [5.74, 6) is -0.0441. The van der Waals surface area contributed by atoms with Gasteiger partial charge in [0, 0.05) is 13.1 Å². The van der Waals surface area contributed by atoms with Gasteiger partial charge in [-0.2, -0.15) is 0 Å². The molecular weight excluding hydrogens is 246 g/mol. The van der Waals surface area contributed by atoms with Crippen LogP contribution in [0.25, 0.3) is 11.1 Å². The Bertz CT molecular complexity index is 575. The summed E-state index contributed by atoms with van der Waals surface area (Å²) in [5.41, 5.74) is 2.53. The second kappa shape index (κ2) is 5.38. The predicted molar refractivity (Wildman–Crippen MR) is 68.5 cm³/mol. The summed E-state index contributed by atoms with van der Waals surface area (Å²) in [5, 5.41) is 6.00. The molecule has 2 heterocycles. The van der Waals surface area contributed by atoms with Crippen molar-refractivity contribution in [2.24, 2.45) is 0 Å². The normalized spacial score (nSPS) is 19.5. The van der Waals surface area contributed by atoms with Gasteiger partial charge in [-0.3, -0.25) is 4.79 Å². The van der Waals surface area contributed by atoms with Gasteiger partial charge in [0.05, 0.1) is 13.2 Å². The Morgan fingerprint density at radius 2 is 2.47 bits per heavy atom. The van der Waals surface area contributed by atoms with Crippen molar-refractivity contribution in [3.05, 3.63) is 30.2 Å². The first-order chi connectivity index (χ1) is 9.33. The molecule has 2 N–H and O–H groups in total. The van der Waals surface area contributed by atoms with Crippen LogP contribution in [0.5, 0.6) is 0 Å². The van der Waals surface area contributed by atoms with Gasteiger partial charge in [0.2, 0.25) is 5.91 Å². The van der Waals surface area contributed by atoms with Gasteiger partial charge >= 0.3 is 0 Å². The summed E-state index contributed by atoms with van der Waals surface area (Å²) in [7, 11) is 0. The highest BCUT2D eigenvalue weighted by Gasteiger charge is 2.20. The lowest BCUT2D eigenvalue weighted by Crippen LogP contribution is -2.51. The van der Waals surface area contributed by atoms with Crippen molar-refractivity contribution in [1.82, 2.24) is 15.6 Å². The minimum Gasteiger partial charge on any atom is -0.443 e. The molecular formula is C13H15N3O3. The summed E-state index contributed by atoms with van der Waals surface area (Å²) in [6.07, 6.45) is 1.41. The fourth-order valence-corrected chi connectivity index (χ4v) is 2.06. The van der Waals surface area contributed by atoms with Gasteiger partial charge in [-0.05, 0) is 17.7 Å². The number of oxazole rings is 1. The number of benzene rings is 1. The van der Waals surface area contributed by atoms with Crippen LogP contribution in [-0.2, 0) is 16.1 Å². The molecule has 1 aliphatic rings. The number of hydrogen-bond donors (Lipinski definition) is 2. The van der Waals surface area contributed by atoms with Gasteiger partial charge in [-0.25, -0.2) is 4.98 Å². The summed E-state index contributed by atoms with van der Waals surface area (Å²) in [6.45, 7) is 2.26. The van der Waals surface area contributed by atoms with E-state index < -0.39 is 0 Å². The van der Waals surface area contributed by atoms with Gasteiger partial charge in [-0.1, -0.05) is 6.07 Å². The van der Waals surface area contributed by atoms with E-state index in [1.54, 1.807) is 0 Å². The molecule has 0 saturated carbocycles. The zero-order valence-electron chi connectivity index (χ0n) is 10.4. The van der Waals surface area contributed by atoms with E-state index >= 15 is 0 Å². The fourth-order valence-electron chi connectivity index (χ4n) is 2.06. The molecule has 3 rings (SSSR count). The smallest absolute Gasteiger partial charge is 0.239 e. The van der Waals surface area contributed by atoms with Crippen molar-refractivity contribution < 1.29 is 13.9 Å². The molecule has 0 radical (unpaired) electrons. The van der Waals surface area contributed by atoms with Crippen LogP contribution in [0, 0.1) is 0 Å². The average Bonchev–Trinajstić information content (AvgIpc) is 2.93. The maximum atomic E-state index is 11.9. The van der Waals surface area contributed by atoms with Crippen LogP contribution >= 0.6 is 0 Å². The number of carbonyl (C=O) groups is 1. The number of morpholine rings is 1. The number of amides is 1. The van der Waals surface area contributed by atoms with E-state index in [1.165, 1.54) is 6.39 Å².